The lowest BCUT2D eigenvalue weighted by Gasteiger charge is -2.03. The van der Waals surface area contributed by atoms with E-state index in [1.54, 1.807) is 12.1 Å². The van der Waals surface area contributed by atoms with Crippen molar-refractivity contribution in [2.75, 3.05) is 5.75 Å². The minimum Gasteiger partial charge on any atom is -0.478 e. The fourth-order valence-electron chi connectivity index (χ4n) is 0.942. The molecule has 0 atom stereocenters. The average Bonchev–Trinajstić information content (AvgIpc) is 2.27. The lowest BCUT2D eigenvalue weighted by molar-refractivity contribution is 0.0695. The maximum absolute atomic E-state index is 10.9. The first kappa shape index (κ1) is 13.9. The van der Waals surface area contributed by atoms with E-state index in [0.29, 0.717) is 15.3 Å². The molecule has 1 rings (SSSR count). The number of halogens is 3. The van der Waals surface area contributed by atoms with Crippen molar-refractivity contribution in [2.45, 2.75) is 4.90 Å². The van der Waals surface area contributed by atoms with Crippen molar-refractivity contribution >= 4 is 56.9 Å². The average molecular weight is 342 g/mol. The van der Waals surface area contributed by atoms with Crippen LogP contribution in [0.2, 0.25) is 0 Å². The van der Waals surface area contributed by atoms with Crippen molar-refractivity contribution < 1.29 is 9.90 Å². The molecule has 0 aliphatic carbocycles. The SMILES string of the molecule is O=C(O)c1cc(SC/C(Cl)=C/Cl)ccc1Br. The summed E-state index contributed by atoms with van der Waals surface area (Å²) in [5.41, 5.74) is 1.53. The molecule has 0 radical (unpaired) electrons. The number of carboxylic acid groups (broad SMARTS) is 1. The normalized spacial score (nSPS) is 11.6. The van der Waals surface area contributed by atoms with Crippen LogP contribution < -0.4 is 0 Å². The van der Waals surface area contributed by atoms with Gasteiger partial charge in [-0.2, -0.15) is 0 Å². The highest BCUT2D eigenvalue weighted by Gasteiger charge is 2.09. The first-order chi connectivity index (χ1) is 7.54. The van der Waals surface area contributed by atoms with Crippen molar-refractivity contribution in [3.63, 3.8) is 0 Å². The van der Waals surface area contributed by atoms with E-state index in [9.17, 15) is 4.79 Å². The molecule has 0 heterocycles. The molecule has 0 saturated heterocycles. The molecule has 0 unspecified atom stereocenters. The van der Waals surface area contributed by atoms with Gasteiger partial charge in [0.1, 0.15) is 0 Å². The predicted octanol–water partition coefficient (Wildman–Crippen LogP) is 4.56. The molecule has 0 bridgehead atoms. The van der Waals surface area contributed by atoms with E-state index in [0.717, 1.165) is 4.90 Å². The number of hydrogen-bond acceptors (Lipinski definition) is 2. The quantitative estimate of drug-likeness (QED) is 0.816. The second-order valence-electron chi connectivity index (χ2n) is 2.79. The van der Waals surface area contributed by atoms with Crippen LogP contribution in [0, 0.1) is 0 Å². The van der Waals surface area contributed by atoms with Crippen molar-refractivity contribution in [3.05, 3.63) is 38.8 Å². The number of carbonyl (C=O) groups is 1. The molecule has 0 amide bonds. The maximum Gasteiger partial charge on any atom is 0.336 e. The molecule has 0 aliphatic heterocycles. The molecule has 1 aromatic rings. The first-order valence-electron chi connectivity index (χ1n) is 4.15. The Morgan fingerprint density at radius 2 is 2.25 bits per heavy atom. The summed E-state index contributed by atoms with van der Waals surface area (Å²) in [7, 11) is 0. The van der Waals surface area contributed by atoms with Gasteiger partial charge in [0.15, 0.2) is 0 Å². The highest BCUT2D eigenvalue weighted by molar-refractivity contribution is 9.10. The lowest BCUT2D eigenvalue weighted by atomic mass is 10.2. The van der Waals surface area contributed by atoms with Crippen LogP contribution in [0.1, 0.15) is 10.4 Å². The summed E-state index contributed by atoms with van der Waals surface area (Å²) in [6, 6.07) is 5.11. The Balaban J connectivity index is 2.83. The van der Waals surface area contributed by atoms with Gasteiger partial charge in [0.2, 0.25) is 0 Å². The third-order valence-corrected chi connectivity index (χ3v) is 4.17. The number of rotatable bonds is 4. The summed E-state index contributed by atoms with van der Waals surface area (Å²) in [4.78, 5) is 11.7. The van der Waals surface area contributed by atoms with Crippen LogP contribution in [0.3, 0.4) is 0 Å². The van der Waals surface area contributed by atoms with Gasteiger partial charge < -0.3 is 5.11 Å². The smallest absolute Gasteiger partial charge is 0.336 e. The molecule has 16 heavy (non-hydrogen) atoms. The van der Waals surface area contributed by atoms with Crippen LogP contribution in [0.15, 0.2) is 38.1 Å². The summed E-state index contributed by atoms with van der Waals surface area (Å²) in [6.07, 6.45) is 0. The zero-order valence-corrected chi connectivity index (χ0v) is 11.8. The topological polar surface area (TPSA) is 37.3 Å². The highest BCUT2D eigenvalue weighted by atomic mass is 79.9. The molecule has 0 aromatic heterocycles. The number of hydrogen-bond donors (Lipinski definition) is 1. The lowest BCUT2D eigenvalue weighted by Crippen LogP contribution is -1.97. The molecule has 2 nitrogen and oxygen atoms in total. The van der Waals surface area contributed by atoms with Crippen LogP contribution >= 0.6 is 50.9 Å². The standard InChI is InChI=1S/C10H7BrCl2O2S/c11-9-2-1-7(3-8(9)10(14)15)16-5-6(13)4-12/h1-4H,5H2,(H,14,15)/b6-4-. The minimum absolute atomic E-state index is 0.232. The number of aromatic carboxylic acids is 1. The molecule has 1 N–H and O–H groups in total. The van der Waals surface area contributed by atoms with Gasteiger partial charge in [-0.25, -0.2) is 4.79 Å². The van der Waals surface area contributed by atoms with Gasteiger partial charge in [-0.15, -0.1) is 11.8 Å². The van der Waals surface area contributed by atoms with Gasteiger partial charge in [0.05, 0.1) is 5.56 Å². The zero-order chi connectivity index (χ0) is 12.1. The van der Waals surface area contributed by atoms with E-state index in [4.69, 9.17) is 28.3 Å². The van der Waals surface area contributed by atoms with Gasteiger partial charge in [0, 0.05) is 25.7 Å². The van der Waals surface area contributed by atoms with E-state index in [1.165, 1.54) is 17.3 Å². The molecular formula is C10H7BrCl2O2S. The van der Waals surface area contributed by atoms with Crippen molar-refractivity contribution in [1.29, 1.82) is 0 Å². The molecule has 1 aromatic carbocycles. The van der Waals surface area contributed by atoms with E-state index in [-0.39, 0.29) is 5.56 Å². The minimum atomic E-state index is -0.965. The fourth-order valence-corrected chi connectivity index (χ4v) is 2.44. The Labute approximate surface area is 116 Å². The van der Waals surface area contributed by atoms with Gasteiger partial charge in [-0.05, 0) is 34.1 Å². The molecule has 86 valence electrons. The second kappa shape index (κ2) is 6.55. The van der Waals surface area contributed by atoms with Crippen molar-refractivity contribution in [3.8, 4) is 0 Å². The third kappa shape index (κ3) is 4.01. The van der Waals surface area contributed by atoms with Crippen molar-refractivity contribution in [1.82, 2.24) is 0 Å². The molecule has 0 saturated carbocycles. The van der Waals surface area contributed by atoms with Gasteiger partial charge >= 0.3 is 5.97 Å². The first-order valence-corrected chi connectivity index (χ1v) is 6.74. The third-order valence-electron chi connectivity index (χ3n) is 1.66. The Kier molecular flexibility index (Phi) is 5.69. The van der Waals surface area contributed by atoms with Gasteiger partial charge in [0.25, 0.3) is 0 Å². The van der Waals surface area contributed by atoms with E-state index >= 15 is 0 Å². The largest absolute Gasteiger partial charge is 0.478 e. The fraction of sp³-hybridized carbons (Fsp3) is 0.100. The summed E-state index contributed by atoms with van der Waals surface area (Å²) in [6.45, 7) is 0. The monoisotopic (exact) mass is 340 g/mol. The summed E-state index contributed by atoms with van der Waals surface area (Å²) < 4.78 is 0.559. The van der Waals surface area contributed by atoms with Crippen LogP contribution in [0.5, 0.6) is 0 Å². The number of benzene rings is 1. The Morgan fingerprint density at radius 3 is 2.81 bits per heavy atom. The predicted molar refractivity (Wildman–Crippen MR) is 71.6 cm³/mol. The van der Waals surface area contributed by atoms with Crippen LogP contribution in [-0.4, -0.2) is 16.8 Å². The van der Waals surface area contributed by atoms with E-state index < -0.39 is 5.97 Å². The maximum atomic E-state index is 10.9. The molecule has 0 spiro atoms. The van der Waals surface area contributed by atoms with Crippen LogP contribution in [0.4, 0.5) is 0 Å². The molecule has 0 aliphatic rings. The van der Waals surface area contributed by atoms with Crippen LogP contribution in [0.25, 0.3) is 0 Å². The van der Waals surface area contributed by atoms with Gasteiger partial charge in [-0.3, -0.25) is 0 Å². The van der Waals surface area contributed by atoms with E-state index in [2.05, 4.69) is 15.9 Å². The number of carboxylic acids is 1. The molecule has 6 heteroatoms. The van der Waals surface area contributed by atoms with Crippen LogP contribution in [-0.2, 0) is 0 Å². The number of thioether (sulfide) groups is 1. The summed E-state index contributed by atoms with van der Waals surface area (Å²) >= 11 is 15.7. The Bertz CT molecular complexity index is 435. The Morgan fingerprint density at radius 1 is 1.56 bits per heavy atom. The highest BCUT2D eigenvalue weighted by Crippen LogP contribution is 2.27. The summed E-state index contributed by atoms with van der Waals surface area (Å²) in [5, 5.41) is 9.44. The van der Waals surface area contributed by atoms with E-state index in [1.807, 2.05) is 6.07 Å². The van der Waals surface area contributed by atoms with Gasteiger partial charge in [-0.1, -0.05) is 23.2 Å². The molecular weight excluding hydrogens is 335 g/mol. The second-order valence-corrected chi connectivity index (χ2v) is 5.40. The van der Waals surface area contributed by atoms with Crippen molar-refractivity contribution in [2.24, 2.45) is 0 Å². The molecule has 0 fully saturated rings. The Hall–Kier alpha value is -0.160. The summed E-state index contributed by atoms with van der Waals surface area (Å²) in [5.74, 6) is -0.445. The zero-order valence-electron chi connectivity index (χ0n) is 7.91.